The Labute approximate surface area is 166 Å². The number of amides is 1. The van der Waals surface area contributed by atoms with Crippen LogP contribution in [0.5, 0.6) is 11.5 Å². The van der Waals surface area contributed by atoms with E-state index < -0.39 is 18.0 Å². The Morgan fingerprint density at radius 2 is 1.96 bits per heavy atom. The Morgan fingerprint density at radius 1 is 1.25 bits per heavy atom. The lowest BCUT2D eigenvalue weighted by Crippen LogP contribution is -2.23. The van der Waals surface area contributed by atoms with Gasteiger partial charge in [0.2, 0.25) is 0 Å². The van der Waals surface area contributed by atoms with E-state index in [9.17, 15) is 14.9 Å². The highest BCUT2D eigenvalue weighted by atomic mass is 35.5. The molecule has 0 aliphatic rings. The van der Waals surface area contributed by atoms with E-state index in [1.54, 1.807) is 42.5 Å². The highest BCUT2D eigenvalue weighted by molar-refractivity contribution is 6.34. The van der Waals surface area contributed by atoms with Gasteiger partial charge in [0.15, 0.2) is 17.6 Å². The molecule has 144 valence electrons. The van der Waals surface area contributed by atoms with E-state index in [1.807, 2.05) is 6.07 Å². The fourth-order valence-electron chi connectivity index (χ4n) is 2.22. The van der Waals surface area contributed by atoms with Gasteiger partial charge >= 0.3 is 5.97 Å². The second kappa shape index (κ2) is 9.44. The number of hydrogen-bond acceptors (Lipinski definition) is 5. The van der Waals surface area contributed by atoms with Crippen molar-refractivity contribution in [1.29, 1.82) is 5.26 Å². The first kappa shape index (κ1) is 20.8. The molecule has 0 spiro atoms. The molecule has 1 atom stereocenters. The summed E-state index contributed by atoms with van der Waals surface area (Å²) >= 11 is 6.02. The Balaban J connectivity index is 2.40. The molecule has 7 nitrogen and oxygen atoms in total. The van der Waals surface area contributed by atoms with Crippen LogP contribution in [0.1, 0.15) is 12.5 Å². The third kappa shape index (κ3) is 5.02. The van der Waals surface area contributed by atoms with E-state index >= 15 is 0 Å². The number of rotatable bonds is 7. The fraction of sp³-hybridized carbons (Fsp3) is 0.150. The Hall–Kier alpha value is -3.50. The Bertz CT molecular complexity index is 965. The molecular formula is C20H17ClN2O5. The highest BCUT2D eigenvalue weighted by Crippen LogP contribution is 2.33. The molecule has 2 N–H and O–H groups in total. The van der Waals surface area contributed by atoms with Crippen molar-refractivity contribution in [1.82, 2.24) is 0 Å². The number of carbonyl (C=O) groups excluding carboxylic acids is 1. The lowest BCUT2D eigenvalue weighted by Gasteiger charge is -2.16. The van der Waals surface area contributed by atoms with E-state index in [0.29, 0.717) is 16.3 Å². The molecule has 0 saturated carbocycles. The Morgan fingerprint density at radius 3 is 2.57 bits per heavy atom. The topological polar surface area (TPSA) is 109 Å². The summed E-state index contributed by atoms with van der Waals surface area (Å²) in [5.74, 6) is -1.46. The van der Waals surface area contributed by atoms with Gasteiger partial charge in [-0.2, -0.15) is 5.26 Å². The molecule has 0 aliphatic carbocycles. The molecular weight excluding hydrogens is 384 g/mol. The standard InChI is InChI=1S/C20H17ClN2O5/c1-12(20(25)26)28-18-13(6-5-9-17(18)27-2)10-14(11-22)19(24)23-16-8-4-3-7-15(16)21/h3-10,12H,1-2H3,(H,23,24)(H,25,26)/b14-10-/t12-/m0/s1. The van der Waals surface area contributed by atoms with Gasteiger partial charge in [0.05, 0.1) is 17.8 Å². The molecule has 0 saturated heterocycles. The van der Waals surface area contributed by atoms with Crippen molar-refractivity contribution < 1.29 is 24.2 Å². The number of ether oxygens (including phenoxy) is 2. The fourth-order valence-corrected chi connectivity index (χ4v) is 2.40. The van der Waals surface area contributed by atoms with Gasteiger partial charge in [0.1, 0.15) is 11.6 Å². The molecule has 0 aromatic heterocycles. The lowest BCUT2D eigenvalue weighted by molar-refractivity contribution is -0.144. The first-order valence-electron chi connectivity index (χ1n) is 8.11. The number of carbonyl (C=O) groups is 2. The number of carboxylic acid groups (broad SMARTS) is 1. The summed E-state index contributed by atoms with van der Waals surface area (Å²) in [6.45, 7) is 1.36. The second-order valence-electron chi connectivity index (χ2n) is 5.58. The zero-order valence-electron chi connectivity index (χ0n) is 15.1. The number of methoxy groups -OCH3 is 1. The smallest absolute Gasteiger partial charge is 0.344 e. The van der Waals surface area contributed by atoms with Crippen LogP contribution >= 0.6 is 11.6 Å². The van der Waals surface area contributed by atoms with Crippen LogP contribution < -0.4 is 14.8 Å². The van der Waals surface area contributed by atoms with Gasteiger partial charge in [-0.25, -0.2) is 4.79 Å². The van der Waals surface area contributed by atoms with Crippen LogP contribution in [-0.4, -0.2) is 30.2 Å². The highest BCUT2D eigenvalue weighted by Gasteiger charge is 2.19. The summed E-state index contributed by atoms with van der Waals surface area (Å²) in [6, 6.07) is 13.2. The van der Waals surface area contributed by atoms with Crippen LogP contribution in [0, 0.1) is 11.3 Å². The molecule has 8 heteroatoms. The number of nitrogens with zero attached hydrogens (tertiary/aromatic N) is 1. The van der Waals surface area contributed by atoms with Gasteiger partial charge < -0.3 is 19.9 Å². The number of nitriles is 1. The predicted octanol–water partition coefficient (Wildman–Crippen LogP) is 3.75. The second-order valence-corrected chi connectivity index (χ2v) is 5.99. The molecule has 0 unspecified atom stereocenters. The maximum atomic E-state index is 12.5. The average Bonchev–Trinajstić information content (AvgIpc) is 2.68. The summed E-state index contributed by atoms with van der Waals surface area (Å²) < 4.78 is 10.7. The number of benzene rings is 2. The van der Waals surface area contributed by atoms with E-state index in [-0.39, 0.29) is 17.1 Å². The van der Waals surface area contributed by atoms with Gasteiger partial charge in [-0.15, -0.1) is 0 Å². The molecule has 0 aliphatic heterocycles. The van der Waals surface area contributed by atoms with Crippen LogP contribution in [0.25, 0.3) is 6.08 Å². The molecule has 2 rings (SSSR count). The summed E-state index contributed by atoms with van der Waals surface area (Å²) in [4.78, 5) is 23.6. The first-order valence-corrected chi connectivity index (χ1v) is 8.49. The monoisotopic (exact) mass is 400 g/mol. The number of nitrogens with one attached hydrogen (secondary N) is 1. The number of anilines is 1. The molecule has 0 radical (unpaired) electrons. The Kier molecular flexibility index (Phi) is 7.02. The number of hydrogen-bond donors (Lipinski definition) is 2. The third-order valence-electron chi connectivity index (χ3n) is 3.66. The summed E-state index contributed by atoms with van der Waals surface area (Å²) in [5.41, 5.74) is 0.455. The number of aliphatic carboxylic acids is 1. The zero-order valence-corrected chi connectivity index (χ0v) is 15.9. The number of carboxylic acids is 1. The van der Waals surface area contributed by atoms with Gasteiger partial charge in [-0.3, -0.25) is 4.79 Å². The van der Waals surface area contributed by atoms with Gasteiger partial charge in [0, 0.05) is 5.56 Å². The number of para-hydroxylation sites is 2. The van der Waals surface area contributed by atoms with Crippen molar-refractivity contribution in [2.45, 2.75) is 13.0 Å². The van der Waals surface area contributed by atoms with Crippen LogP contribution in [0.3, 0.4) is 0 Å². The van der Waals surface area contributed by atoms with Gasteiger partial charge in [0.25, 0.3) is 5.91 Å². The minimum Gasteiger partial charge on any atom is -0.493 e. The van der Waals surface area contributed by atoms with Crippen molar-refractivity contribution in [3.63, 3.8) is 0 Å². The molecule has 2 aromatic rings. The molecule has 1 amide bonds. The van der Waals surface area contributed by atoms with Crippen molar-refractivity contribution >= 4 is 35.2 Å². The maximum Gasteiger partial charge on any atom is 0.344 e. The van der Waals surface area contributed by atoms with E-state index in [2.05, 4.69) is 5.32 Å². The molecule has 2 aromatic carbocycles. The van der Waals surface area contributed by atoms with E-state index in [1.165, 1.54) is 20.1 Å². The largest absolute Gasteiger partial charge is 0.493 e. The van der Waals surface area contributed by atoms with E-state index in [0.717, 1.165) is 0 Å². The molecule has 0 bridgehead atoms. The van der Waals surface area contributed by atoms with Crippen molar-refractivity contribution in [2.24, 2.45) is 0 Å². The predicted molar refractivity (Wildman–Crippen MR) is 104 cm³/mol. The zero-order chi connectivity index (χ0) is 20.7. The minimum absolute atomic E-state index is 0.109. The summed E-state index contributed by atoms with van der Waals surface area (Å²) in [6.07, 6.45) is 0.129. The average molecular weight is 401 g/mol. The van der Waals surface area contributed by atoms with Crippen LogP contribution in [0.15, 0.2) is 48.0 Å². The number of halogens is 1. The summed E-state index contributed by atoms with van der Waals surface area (Å²) in [5, 5.41) is 21.4. The molecule has 0 heterocycles. The normalized spacial score (nSPS) is 11.9. The first-order chi connectivity index (χ1) is 13.4. The quantitative estimate of drug-likeness (QED) is 0.541. The maximum absolute atomic E-state index is 12.5. The molecule has 0 fully saturated rings. The van der Waals surface area contributed by atoms with Crippen molar-refractivity contribution in [2.75, 3.05) is 12.4 Å². The van der Waals surface area contributed by atoms with E-state index in [4.69, 9.17) is 26.2 Å². The van der Waals surface area contributed by atoms with Crippen LogP contribution in [-0.2, 0) is 9.59 Å². The lowest BCUT2D eigenvalue weighted by atomic mass is 10.1. The van der Waals surface area contributed by atoms with Crippen molar-refractivity contribution in [3.8, 4) is 17.6 Å². The SMILES string of the molecule is COc1cccc(/C=C(/C#N)C(=O)Nc2ccccc2Cl)c1O[C@@H](C)C(=O)O. The third-order valence-corrected chi connectivity index (χ3v) is 3.99. The van der Waals surface area contributed by atoms with Crippen LogP contribution in [0.2, 0.25) is 5.02 Å². The van der Waals surface area contributed by atoms with Gasteiger partial charge in [-0.1, -0.05) is 35.9 Å². The minimum atomic E-state index is -1.17. The van der Waals surface area contributed by atoms with Crippen molar-refractivity contribution in [3.05, 3.63) is 58.6 Å². The van der Waals surface area contributed by atoms with Gasteiger partial charge in [-0.05, 0) is 31.2 Å². The molecule has 28 heavy (non-hydrogen) atoms. The summed E-state index contributed by atoms with van der Waals surface area (Å²) in [7, 11) is 1.40. The van der Waals surface area contributed by atoms with Crippen LogP contribution in [0.4, 0.5) is 5.69 Å².